The van der Waals surface area contributed by atoms with Crippen molar-refractivity contribution >= 4 is 11.6 Å². The van der Waals surface area contributed by atoms with Gasteiger partial charge in [0.2, 0.25) is 0 Å². The van der Waals surface area contributed by atoms with E-state index >= 15 is 0 Å². The van der Waals surface area contributed by atoms with Crippen molar-refractivity contribution < 1.29 is 17.9 Å². The zero-order valence-electron chi connectivity index (χ0n) is 8.35. The molecule has 0 N–H and O–H groups in total. The van der Waals surface area contributed by atoms with Crippen LogP contribution in [0.1, 0.15) is 5.56 Å². The lowest BCUT2D eigenvalue weighted by molar-refractivity contribution is -0.138. The first kappa shape index (κ1) is 12.9. The molecule has 88 valence electrons. The maximum Gasteiger partial charge on any atom is 0.419 e. The van der Waals surface area contributed by atoms with Crippen molar-refractivity contribution in [2.75, 3.05) is 12.5 Å². The van der Waals surface area contributed by atoms with E-state index in [0.717, 1.165) is 6.07 Å². The van der Waals surface area contributed by atoms with Crippen molar-refractivity contribution in [2.45, 2.75) is 6.18 Å². The zero-order valence-corrected chi connectivity index (χ0v) is 9.11. The second kappa shape index (κ2) is 5.25. The highest BCUT2D eigenvalue weighted by molar-refractivity contribution is 6.19. The Labute approximate surface area is 96.5 Å². The standard InChI is InChI=1S/C11H10ClF3O/c1-8(6-12)7-16-10-5-3-2-4-9(10)11(13,14)15/h2-5H,1,6-7H2. The monoisotopic (exact) mass is 250 g/mol. The highest BCUT2D eigenvalue weighted by Gasteiger charge is 2.33. The first-order valence-electron chi connectivity index (χ1n) is 4.47. The molecule has 0 heterocycles. The van der Waals surface area contributed by atoms with Gasteiger partial charge in [0, 0.05) is 5.88 Å². The molecule has 0 atom stereocenters. The van der Waals surface area contributed by atoms with Crippen LogP contribution in [-0.2, 0) is 6.18 Å². The lowest BCUT2D eigenvalue weighted by atomic mass is 10.2. The number of benzene rings is 1. The molecule has 0 aromatic heterocycles. The fourth-order valence-corrected chi connectivity index (χ4v) is 1.12. The Bertz CT molecular complexity index is 374. The van der Waals surface area contributed by atoms with Gasteiger partial charge < -0.3 is 4.74 Å². The molecule has 0 fully saturated rings. The number of alkyl halides is 4. The third-order valence-corrected chi connectivity index (χ3v) is 2.19. The van der Waals surface area contributed by atoms with Crippen LogP contribution in [0.15, 0.2) is 36.4 Å². The second-order valence-corrected chi connectivity index (χ2v) is 3.43. The summed E-state index contributed by atoms with van der Waals surface area (Å²) in [5, 5.41) is 0. The van der Waals surface area contributed by atoms with Crippen molar-refractivity contribution in [1.82, 2.24) is 0 Å². The summed E-state index contributed by atoms with van der Waals surface area (Å²) in [5.41, 5.74) is -0.268. The molecular weight excluding hydrogens is 241 g/mol. The lowest BCUT2D eigenvalue weighted by Crippen LogP contribution is -2.10. The Hall–Kier alpha value is -1.16. The van der Waals surface area contributed by atoms with Gasteiger partial charge in [-0.2, -0.15) is 13.2 Å². The second-order valence-electron chi connectivity index (χ2n) is 3.17. The summed E-state index contributed by atoms with van der Waals surface area (Å²) in [6.07, 6.45) is -4.42. The number of hydrogen-bond donors (Lipinski definition) is 0. The number of halogens is 4. The van der Waals surface area contributed by atoms with E-state index in [1.807, 2.05) is 0 Å². The molecular formula is C11H10ClF3O. The van der Waals surface area contributed by atoms with Gasteiger partial charge in [0.05, 0.1) is 5.56 Å². The molecule has 0 radical (unpaired) electrons. The Kier molecular flexibility index (Phi) is 4.24. The number of para-hydroxylation sites is 1. The summed E-state index contributed by atoms with van der Waals surface area (Å²) < 4.78 is 42.6. The zero-order chi connectivity index (χ0) is 12.2. The highest BCUT2D eigenvalue weighted by atomic mass is 35.5. The smallest absolute Gasteiger partial charge is 0.419 e. The van der Waals surface area contributed by atoms with Crippen LogP contribution in [0.5, 0.6) is 5.75 Å². The van der Waals surface area contributed by atoms with Crippen molar-refractivity contribution in [3.63, 3.8) is 0 Å². The lowest BCUT2D eigenvalue weighted by Gasteiger charge is -2.13. The van der Waals surface area contributed by atoms with Crippen molar-refractivity contribution in [3.8, 4) is 5.75 Å². The van der Waals surface area contributed by atoms with Crippen LogP contribution in [0.4, 0.5) is 13.2 Å². The van der Waals surface area contributed by atoms with Crippen LogP contribution < -0.4 is 4.74 Å². The molecule has 0 bridgehead atoms. The fourth-order valence-electron chi connectivity index (χ4n) is 1.05. The van der Waals surface area contributed by atoms with Gasteiger partial charge in [0.1, 0.15) is 12.4 Å². The van der Waals surface area contributed by atoms with E-state index < -0.39 is 11.7 Å². The molecule has 0 unspecified atom stereocenters. The number of rotatable bonds is 4. The fraction of sp³-hybridized carbons (Fsp3) is 0.273. The van der Waals surface area contributed by atoms with E-state index in [-0.39, 0.29) is 18.2 Å². The minimum Gasteiger partial charge on any atom is -0.489 e. The molecule has 1 rings (SSSR count). The Morgan fingerprint density at radius 3 is 2.50 bits per heavy atom. The van der Waals surface area contributed by atoms with Gasteiger partial charge >= 0.3 is 6.18 Å². The Morgan fingerprint density at radius 2 is 1.94 bits per heavy atom. The maximum absolute atomic E-state index is 12.5. The number of ether oxygens (including phenoxy) is 1. The van der Waals surface area contributed by atoms with E-state index in [1.54, 1.807) is 0 Å². The van der Waals surface area contributed by atoms with Gasteiger partial charge in [-0.1, -0.05) is 18.7 Å². The first-order chi connectivity index (χ1) is 7.45. The van der Waals surface area contributed by atoms with Gasteiger partial charge in [0.25, 0.3) is 0 Å². The van der Waals surface area contributed by atoms with Crippen LogP contribution in [0, 0.1) is 0 Å². The maximum atomic E-state index is 12.5. The molecule has 0 aliphatic heterocycles. The molecule has 0 spiro atoms. The largest absolute Gasteiger partial charge is 0.489 e. The number of hydrogen-bond acceptors (Lipinski definition) is 1. The molecule has 0 amide bonds. The molecule has 16 heavy (non-hydrogen) atoms. The molecule has 0 saturated heterocycles. The van der Waals surface area contributed by atoms with E-state index in [1.165, 1.54) is 18.2 Å². The summed E-state index contributed by atoms with van der Waals surface area (Å²) >= 11 is 5.45. The van der Waals surface area contributed by atoms with Crippen molar-refractivity contribution in [1.29, 1.82) is 0 Å². The van der Waals surface area contributed by atoms with Gasteiger partial charge in [-0.3, -0.25) is 0 Å². The van der Waals surface area contributed by atoms with Crippen LogP contribution in [0.25, 0.3) is 0 Å². The summed E-state index contributed by atoms with van der Waals surface area (Å²) in [5.74, 6) is -0.0463. The van der Waals surface area contributed by atoms with Gasteiger partial charge in [-0.05, 0) is 17.7 Å². The summed E-state index contributed by atoms with van der Waals surface area (Å²) in [7, 11) is 0. The third kappa shape index (κ3) is 3.45. The van der Waals surface area contributed by atoms with Crippen molar-refractivity contribution in [2.24, 2.45) is 0 Å². The van der Waals surface area contributed by atoms with Crippen LogP contribution in [0.3, 0.4) is 0 Å². The Morgan fingerprint density at radius 1 is 1.31 bits per heavy atom. The van der Waals surface area contributed by atoms with Crippen LogP contribution in [-0.4, -0.2) is 12.5 Å². The Balaban J connectivity index is 2.84. The van der Waals surface area contributed by atoms with E-state index in [2.05, 4.69) is 6.58 Å². The molecule has 1 aromatic carbocycles. The predicted octanol–water partition coefficient (Wildman–Crippen LogP) is 3.88. The van der Waals surface area contributed by atoms with Gasteiger partial charge in [-0.15, -0.1) is 11.6 Å². The SMILES string of the molecule is C=C(CCl)COc1ccccc1C(F)(F)F. The third-order valence-electron chi connectivity index (χ3n) is 1.81. The van der Waals surface area contributed by atoms with Gasteiger partial charge in [-0.25, -0.2) is 0 Å². The molecule has 1 aromatic rings. The normalized spacial score (nSPS) is 11.2. The average Bonchev–Trinajstić information content (AvgIpc) is 2.25. The molecule has 0 aliphatic carbocycles. The van der Waals surface area contributed by atoms with E-state index in [4.69, 9.17) is 16.3 Å². The van der Waals surface area contributed by atoms with Crippen LogP contribution in [0.2, 0.25) is 0 Å². The van der Waals surface area contributed by atoms with E-state index in [0.29, 0.717) is 5.57 Å². The van der Waals surface area contributed by atoms with E-state index in [9.17, 15) is 13.2 Å². The van der Waals surface area contributed by atoms with Crippen molar-refractivity contribution in [3.05, 3.63) is 42.0 Å². The topological polar surface area (TPSA) is 9.23 Å². The first-order valence-corrected chi connectivity index (χ1v) is 5.00. The van der Waals surface area contributed by atoms with Gasteiger partial charge in [0.15, 0.2) is 0 Å². The van der Waals surface area contributed by atoms with Crippen LogP contribution >= 0.6 is 11.6 Å². The minimum absolute atomic E-state index is 0.0173. The molecule has 1 nitrogen and oxygen atoms in total. The molecule has 5 heteroatoms. The molecule has 0 aliphatic rings. The quantitative estimate of drug-likeness (QED) is 0.582. The minimum atomic E-state index is -4.42. The average molecular weight is 251 g/mol. The molecule has 0 saturated carbocycles. The summed E-state index contributed by atoms with van der Waals surface area (Å²) in [6.45, 7) is 3.52. The summed E-state index contributed by atoms with van der Waals surface area (Å²) in [6, 6.07) is 5.03. The predicted molar refractivity (Wildman–Crippen MR) is 56.8 cm³/mol. The highest BCUT2D eigenvalue weighted by Crippen LogP contribution is 2.35. The summed E-state index contributed by atoms with van der Waals surface area (Å²) in [4.78, 5) is 0.